The zero-order valence-corrected chi connectivity index (χ0v) is 12.0. The van der Waals surface area contributed by atoms with E-state index in [1.54, 1.807) is 0 Å². The summed E-state index contributed by atoms with van der Waals surface area (Å²) in [6.07, 6.45) is 11.0. The molecular weight excluding hydrogens is 218 g/mol. The van der Waals surface area contributed by atoms with Crippen LogP contribution in [0.4, 0.5) is 0 Å². The van der Waals surface area contributed by atoms with Gasteiger partial charge in [-0.3, -0.25) is 0 Å². The van der Waals surface area contributed by atoms with E-state index >= 15 is 0 Å². The average Bonchev–Trinajstić information content (AvgIpc) is 2.26. The van der Waals surface area contributed by atoms with Crippen LogP contribution in [0.1, 0.15) is 65.2 Å². The van der Waals surface area contributed by atoms with Crippen molar-refractivity contribution in [3.63, 3.8) is 0 Å². The Balaban J connectivity index is 1.81. The van der Waals surface area contributed by atoms with Crippen LogP contribution < -0.4 is 0 Å². The zero-order valence-electron chi connectivity index (χ0n) is 12.0. The Morgan fingerprint density at radius 2 is 1.56 bits per heavy atom. The maximum Gasteiger partial charge on any atom is 0.0624 e. The average molecular weight is 245 g/mol. The topological polar surface area (TPSA) is 23.8 Å². The summed E-state index contributed by atoms with van der Waals surface area (Å²) in [6, 6.07) is 2.50. The molecule has 4 saturated carbocycles. The molecule has 0 radical (unpaired) electrons. The van der Waals surface area contributed by atoms with E-state index in [0.29, 0.717) is 11.3 Å². The van der Waals surface area contributed by atoms with Gasteiger partial charge in [-0.1, -0.05) is 13.8 Å². The quantitative estimate of drug-likeness (QED) is 0.699. The van der Waals surface area contributed by atoms with Crippen molar-refractivity contribution in [1.29, 1.82) is 5.26 Å². The first-order valence-corrected chi connectivity index (χ1v) is 7.98. The summed E-state index contributed by atoms with van der Waals surface area (Å²) < 4.78 is 0. The molecule has 4 aliphatic carbocycles. The number of rotatable bonds is 4. The smallest absolute Gasteiger partial charge is 0.0624 e. The summed E-state index contributed by atoms with van der Waals surface area (Å²) in [5.41, 5.74) is 0.578. The van der Waals surface area contributed by atoms with E-state index in [2.05, 4.69) is 19.9 Å². The van der Waals surface area contributed by atoms with Crippen molar-refractivity contribution in [3.05, 3.63) is 0 Å². The monoisotopic (exact) mass is 245 g/mol. The molecule has 0 spiro atoms. The highest BCUT2D eigenvalue weighted by Crippen LogP contribution is 2.63. The van der Waals surface area contributed by atoms with Crippen LogP contribution in [0.2, 0.25) is 0 Å². The summed E-state index contributed by atoms with van der Waals surface area (Å²) in [5.74, 6) is 4.49. The van der Waals surface area contributed by atoms with Crippen molar-refractivity contribution in [1.82, 2.24) is 0 Å². The summed E-state index contributed by atoms with van der Waals surface area (Å²) in [5, 5.41) is 9.20. The molecule has 0 amide bonds. The van der Waals surface area contributed by atoms with Crippen LogP contribution in [0.25, 0.3) is 0 Å². The Morgan fingerprint density at radius 1 is 1.06 bits per heavy atom. The fourth-order valence-corrected chi connectivity index (χ4v) is 5.91. The third kappa shape index (κ3) is 2.09. The molecule has 4 rings (SSSR count). The van der Waals surface area contributed by atoms with E-state index in [4.69, 9.17) is 0 Å². The lowest BCUT2D eigenvalue weighted by atomic mass is 9.45. The van der Waals surface area contributed by atoms with Crippen molar-refractivity contribution >= 4 is 0 Å². The molecule has 4 aliphatic rings. The molecule has 1 heteroatoms. The molecule has 0 aliphatic heterocycles. The van der Waals surface area contributed by atoms with E-state index in [1.807, 2.05) is 0 Å². The fraction of sp³-hybridized carbons (Fsp3) is 0.941. The highest BCUT2D eigenvalue weighted by Gasteiger charge is 2.53. The molecule has 1 atom stereocenters. The molecule has 4 fully saturated rings. The molecule has 0 N–H and O–H groups in total. The maximum absolute atomic E-state index is 9.20. The largest absolute Gasteiger partial charge is 0.198 e. The van der Waals surface area contributed by atoms with Gasteiger partial charge in [0.25, 0.3) is 0 Å². The third-order valence-electron chi connectivity index (χ3n) is 6.05. The van der Waals surface area contributed by atoms with Crippen molar-refractivity contribution in [3.8, 4) is 6.07 Å². The van der Waals surface area contributed by atoms with Gasteiger partial charge >= 0.3 is 0 Å². The van der Waals surface area contributed by atoms with Crippen LogP contribution in [-0.4, -0.2) is 0 Å². The first-order valence-electron chi connectivity index (χ1n) is 7.98. The first-order chi connectivity index (χ1) is 8.61. The second kappa shape index (κ2) is 4.55. The van der Waals surface area contributed by atoms with Gasteiger partial charge in [0, 0.05) is 6.42 Å². The molecule has 100 valence electrons. The lowest BCUT2D eigenvalue weighted by molar-refractivity contribution is -0.0903. The van der Waals surface area contributed by atoms with Gasteiger partial charge in [-0.05, 0) is 80.0 Å². The highest BCUT2D eigenvalue weighted by molar-refractivity contribution is 5.05. The Labute approximate surface area is 112 Å². The zero-order chi connectivity index (χ0) is 12.8. The van der Waals surface area contributed by atoms with Gasteiger partial charge in [-0.25, -0.2) is 0 Å². The Hall–Kier alpha value is -0.510. The third-order valence-corrected chi connectivity index (χ3v) is 6.05. The van der Waals surface area contributed by atoms with Crippen LogP contribution >= 0.6 is 0 Å². The van der Waals surface area contributed by atoms with E-state index in [-0.39, 0.29) is 0 Å². The van der Waals surface area contributed by atoms with Crippen molar-refractivity contribution < 1.29 is 0 Å². The Kier molecular flexibility index (Phi) is 3.16. The maximum atomic E-state index is 9.20. The molecular formula is C17H27N. The lowest BCUT2D eigenvalue weighted by Crippen LogP contribution is -2.49. The van der Waals surface area contributed by atoms with Crippen molar-refractivity contribution in [2.24, 2.45) is 35.0 Å². The SMILES string of the molecule is CC(C)CC(CC#N)C12CC3CC(CC(C3)C1)C2. The first kappa shape index (κ1) is 12.5. The van der Waals surface area contributed by atoms with Crippen LogP contribution in [-0.2, 0) is 0 Å². The number of hydrogen-bond acceptors (Lipinski definition) is 1. The normalized spacial score (nSPS) is 43.1. The second-order valence-electron chi connectivity index (χ2n) is 7.97. The Bertz CT molecular complexity index is 314. The predicted octanol–water partition coefficient (Wildman–Crippen LogP) is 4.78. The van der Waals surface area contributed by atoms with E-state index in [9.17, 15) is 5.26 Å². The standard InChI is InChI=1S/C17H27N/c1-12(2)5-16(3-4-18)17-9-13-6-14(10-17)8-15(7-13)11-17/h12-16H,3,5-11H2,1-2H3. The fourth-order valence-electron chi connectivity index (χ4n) is 5.91. The van der Waals surface area contributed by atoms with Crippen LogP contribution in [0.15, 0.2) is 0 Å². The van der Waals surface area contributed by atoms with Gasteiger partial charge in [0.05, 0.1) is 6.07 Å². The number of nitrogens with zero attached hydrogens (tertiary/aromatic N) is 1. The molecule has 0 aromatic heterocycles. The van der Waals surface area contributed by atoms with Crippen molar-refractivity contribution in [2.45, 2.75) is 65.2 Å². The predicted molar refractivity (Wildman–Crippen MR) is 73.8 cm³/mol. The summed E-state index contributed by atoms with van der Waals surface area (Å²) >= 11 is 0. The number of nitriles is 1. The second-order valence-corrected chi connectivity index (χ2v) is 7.97. The lowest BCUT2D eigenvalue weighted by Gasteiger charge is -2.59. The van der Waals surface area contributed by atoms with Crippen molar-refractivity contribution in [2.75, 3.05) is 0 Å². The van der Waals surface area contributed by atoms with Gasteiger partial charge in [0.15, 0.2) is 0 Å². The van der Waals surface area contributed by atoms with Gasteiger partial charge in [-0.2, -0.15) is 5.26 Å². The summed E-state index contributed by atoms with van der Waals surface area (Å²) in [7, 11) is 0. The molecule has 0 heterocycles. The minimum atomic E-state index is 0.578. The molecule has 4 bridgehead atoms. The minimum Gasteiger partial charge on any atom is -0.198 e. The van der Waals surface area contributed by atoms with E-state index in [0.717, 1.165) is 30.1 Å². The van der Waals surface area contributed by atoms with Crippen LogP contribution in [0.5, 0.6) is 0 Å². The van der Waals surface area contributed by atoms with Gasteiger partial charge in [0.1, 0.15) is 0 Å². The van der Waals surface area contributed by atoms with Gasteiger partial charge in [0.2, 0.25) is 0 Å². The molecule has 1 nitrogen and oxygen atoms in total. The van der Waals surface area contributed by atoms with Crippen LogP contribution in [0.3, 0.4) is 0 Å². The highest BCUT2D eigenvalue weighted by atomic mass is 14.6. The summed E-state index contributed by atoms with van der Waals surface area (Å²) in [4.78, 5) is 0. The molecule has 18 heavy (non-hydrogen) atoms. The molecule has 1 unspecified atom stereocenters. The van der Waals surface area contributed by atoms with E-state index < -0.39 is 0 Å². The summed E-state index contributed by atoms with van der Waals surface area (Å²) in [6.45, 7) is 4.65. The number of hydrogen-bond donors (Lipinski definition) is 0. The van der Waals surface area contributed by atoms with Crippen LogP contribution in [0, 0.1) is 46.3 Å². The molecule has 0 aromatic carbocycles. The van der Waals surface area contributed by atoms with E-state index in [1.165, 1.54) is 44.9 Å². The minimum absolute atomic E-state index is 0.578. The molecule has 0 saturated heterocycles. The Morgan fingerprint density at radius 3 is 1.94 bits per heavy atom. The van der Waals surface area contributed by atoms with Gasteiger partial charge < -0.3 is 0 Å². The van der Waals surface area contributed by atoms with Gasteiger partial charge in [-0.15, -0.1) is 0 Å². The molecule has 0 aromatic rings.